The highest BCUT2D eigenvalue weighted by atomic mass is 32.2. The van der Waals surface area contributed by atoms with Crippen molar-refractivity contribution >= 4 is 17.9 Å². The van der Waals surface area contributed by atoms with Gasteiger partial charge in [0.2, 0.25) is 5.89 Å². The Kier molecular flexibility index (Phi) is 4.57. The van der Waals surface area contributed by atoms with Crippen molar-refractivity contribution in [2.24, 2.45) is 5.73 Å². The van der Waals surface area contributed by atoms with E-state index in [-0.39, 0.29) is 6.61 Å². The number of amides is 1. The molecular formula is C12H10N4O3S. The van der Waals surface area contributed by atoms with Crippen LogP contribution in [0.3, 0.4) is 0 Å². The van der Waals surface area contributed by atoms with Crippen LogP contribution in [-0.2, 0) is 4.74 Å². The van der Waals surface area contributed by atoms with Gasteiger partial charge in [-0.1, -0.05) is 11.8 Å². The molecular weight excluding hydrogens is 280 g/mol. The number of rotatable bonds is 5. The number of nitrogens with zero attached hydrogens (tertiary/aromatic N) is 3. The highest BCUT2D eigenvalue weighted by Gasteiger charge is 2.09. The molecule has 20 heavy (non-hydrogen) atoms. The molecule has 1 aromatic carbocycles. The van der Waals surface area contributed by atoms with Gasteiger partial charge in [0.1, 0.15) is 6.61 Å². The molecule has 0 radical (unpaired) electrons. The van der Waals surface area contributed by atoms with E-state index in [9.17, 15) is 4.79 Å². The highest BCUT2D eigenvalue weighted by Crippen LogP contribution is 2.23. The minimum absolute atomic E-state index is 0.175. The first-order chi connectivity index (χ1) is 9.69. The quantitative estimate of drug-likeness (QED) is 0.659. The molecule has 0 bridgehead atoms. The Hall–Kier alpha value is -2.53. The van der Waals surface area contributed by atoms with Crippen LogP contribution < -0.4 is 5.73 Å². The first kappa shape index (κ1) is 13.9. The molecule has 0 aliphatic carbocycles. The SMILES string of the molecule is N#Cc1ccc(-c2nnc(SCCOC(N)=O)o2)cc1. The molecule has 8 heteroatoms. The first-order valence-corrected chi connectivity index (χ1v) is 6.56. The minimum Gasteiger partial charge on any atom is -0.449 e. The summed E-state index contributed by atoms with van der Waals surface area (Å²) in [5, 5.41) is 16.9. The lowest BCUT2D eigenvalue weighted by Crippen LogP contribution is -2.14. The van der Waals surface area contributed by atoms with E-state index in [0.717, 1.165) is 5.56 Å². The number of nitrogens with two attached hydrogens (primary N) is 1. The zero-order chi connectivity index (χ0) is 14.4. The normalized spacial score (nSPS) is 9.95. The van der Waals surface area contributed by atoms with Crippen LogP contribution in [-0.4, -0.2) is 28.7 Å². The predicted octanol–water partition coefficient (Wildman–Crippen LogP) is 1.80. The molecule has 0 aliphatic rings. The van der Waals surface area contributed by atoms with E-state index < -0.39 is 6.09 Å². The number of benzene rings is 1. The topological polar surface area (TPSA) is 115 Å². The number of nitriles is 1. The van der Waals surface area contributed by atoms with Crippen LogP contribution in [0.1, 0.15) is 5.56 Å². The van der Waals surface area contributed by atoms with Crippen LogP contribution >= 0.6 is 11.8 Å². The maximum Gasteiger partial charge on any atom is 0.404 e. The summed E-state index contributed by atoms with van der Waals surface area (Å²) in [5.41, 5.74) is 6.13. The van der Waals surface area contributed by atoms with Crippen molar-refractivity contribution in [1.82, 2.24) is 10.2 Å². The van der Waals surface area contributed by atoms with Crippen LogP contribution in [0.5, 0.6) is 0 Å². The Morgan fingerprint density at radius 2 is 2.15 bits per heavy atom. The number of ether oxygens (including phenoxy) is 1. The zero-order valence-electron chi connectivity index (χ0n) is 10.3. The van der Waals surface area contributed by atoms with Gasteiger partial charge in [0, 0.05) is 11.3 Å². The molecule has 0 spiro atoms. The number of carbonyl (C=O) groups excluding carboxylic acids is 1. The summed E-state index contributed by atoms with van der Waals surface area (Å²) in [4.78, 5) is 10.4. The second kappa shape index (κ2) is 6.58. The molecule has 0 unspecified atom stereocenters. The molecule has 102 valence electrons. The lowest BCUT2D eigenvalue weighted by Gasteiger charge is -1.97. The average Bonchev–Trinajstić information content (AvgIpc) is 2.92. The molecule has 1 aromatic heterocycles. The summed E-state index contributed by atoms with van der Waals surface area (Å²) in [6.45, 7) is 0.175. The van der Waals surface area contributed by atoms with Crippen LogP contribution in [0, 0.1) is 11.3 Å². The monoisotopic (exact) mass is 290 g/mol. The van der Waals surface area contributed by atoms with Crippen molar-refractivity contribution in [3.8, 4) is 17.5 Å². The number of primary amides is 1. The van der Waals surface area contributed by atoms with E-state index in [1.165, 1.54) is 11.8 Å². The van der Waals surface area contributed by atoms with E-state index in [0.29, 0.717) is 22.4 Å². The van der Waals surface area contributed by atoms with Gasteiger partial charge < -0.3 is 14.9 Å². The summed E-state index contributed by atoms with van der Waals surface area (Å²) in [5.74, 6) is 0.839. The van der Waals surface area contributed by atoms with Gasteiger partial charge in [-0.3, -0.25) is 0 Å². The lowest BCUT2D eigenvalue weighted by molar-refractivity contribution is 0.164. The third-order valence-electron chi connectivity index (χ3n) is 2.22. The van der Waals surface area contributed by atoms with E-state index in [1.807, 2.05) is 6.07 Å². The first-order valence-electron chi connectivity index (χ1n) is 5.58. The Morgan fingerprint density at radius 3 is 2.80 bits per heavy atom. The van der Waals surface area contributed by atoms with Gasteiger partial charge in [-0.15, -0.1) is 10.2 Å². The molecule has 0 fully saturated rings. The molecule has 2 N–H and O–H groups in total. The molecule has 2 aromatic rings. The van der Waals surface area contributed by atoms with Crippen molar-refractivity contribution in [3.63, 3.8) is 0 Å². The van der Waals surface area contributed by atoms with Crippen molar-refractivity contribution in [2.45, 2.75) is 5.22 Å². The zero-order valence-corrected chi connectivity index (χ0v) is 11.1. The third-order valence-corrected chi connectivity index (χ3v) is 3.00. The van der Waals surface area contributed by atoms with Crippen LogP contribution in [0.4, 0.5) is 4.79 Å². The molecule has 0 aliphatic heterocycles. The van der Waals surface area contributed by atoms with Gasteiger partial charge in [-0.25, -0.2) is 4.79 Å². The summed E-state index contributed by atoms with van der Waals surface area (Å²) >= 11 is 1.26. The summed E-state index contributed by atoms with van der Waals surface area (Å²) in [7, 11) is 0. The lowest BCUT2D eigenvalue weighted by atomic mass is 10.1. The molecule has 0 saturated carbocycles. The van der Waals surface area contributed by atoms with Gasteiger partial charge >= 0.3 is 6.09 Å². The smallest absolute Gasteiger partial charge is 0.404 e. The highest BCUT2D eigenvalue weighted by molar-refractivity contribution is 7.99. The fourth-order valence-electron chi connectivity index (χ4n) is 1.34. The Labute approximate surface area is 118 Å². The Morgan fingerprint density at radius 1 is 1.40 bits per heavy atom. The van der Waals surface area contributed by atoms with Gasteiger partial charge in [0.15, 0.2) is 0 Å². The molecule has 7 nitrogen and oxygen atoms in total. The van der Waals surface area contributed by atoms with E-state index in [4.69, 9.17) is 15.4 Å². The maximum absolute atomic E-state index is 10.4. The number of aromatic nitrogens is 2. The number of thioether (sulfide) groups is 1. The fraction of sp³-hybridized carbons (Fsp3) is 0.167. The van der Waals surface area contributed by atoms with E-state index in [1.54, 1.807) is 24.3 Å². The second-order valence-corrected chi connectivity index (χ2v) is 4.62. The van der Waals surface area contributed by atoms with Crippen LogP contribution in [0.15, 0.2) is 33.9 Å². The Bertz CT molecular complexity index is 633. The standard InChI is InChI=1S/C12H10N4O3S/c13-7-8-1-3-9(4-2-8)10-15-16-12(19-10)20-6-5-18-11(14)17/h1-4H,5-6H2,(H2,14,17). The molecule has 0 atom stereocenters. The summed E-state index contributed by atoms with van der Waals surface area (Å²) in [6, 6.07) is 8.84. The van der Waals surface area contributed by atoms with Crippen LogP contribution in [0.2, 0.25) is 0 Å². The minimum atomic E-state index is -0.811. The van der Waals surface area contributed by atoms with Gasteiger partial charge in [0.05, 0.1) is 11.6 Å². The van der Waals surface area contributed by atoms with Crippen molar-refractivity contribution in [3.05, 3.63) is 29.8 Å². The summed E-state index contributed by atoms with van der Waals surface area (Å²) in [6.07, 6.45) is -0.811. The fourth-order valence-corrected chi connectivity index (χ4v) is 1.92. The van der Waals surface area contributed by atoms with Gasteiger partial charge in [0.25, 0.3) is 5.22 Å². The van der Waals surface area contributed by atoms with Gasteiger partial charge in [-0.2, -0.15) is 5.26 Å². The summed E-state index contributed by atoms with van der Waals surface area (Å²) < 4.78 is 10.0. The Balaban J connectivity index is 1.94. The second-order valence-electron chi connectivity index (χ2n) is 3.58. The number of hydrogen-bond donors (Lipinski definition) is 1. The van der Waals surface area contributed by atoms with Crippen molar-refractivity contribution in [1.29, 1.82) is 5.26 Å². The van der Waals surface area contributed by atoms with Gasteiger partial charge in [-0.05, 0) is 24.3 Å². The van der Waals surface area contributed by atoms with Crippen molar-refractivity contribution < 1.29 is 13.9 Å². The van der Waals surface area contributed by atoms with Crippen molar-refractivity contribution in [2.75, 3.05) is 12.4 Å². The number of hydrogen-bond acceptors (Lipinski definition) is 7. The van der Waals surface area contributed by atoms with E-state index >= 15 is 0 Å². The maximum atomic E-state index is 10.4. The molecule has 2 rings (SSSR count). The third kappa shape index (κ3) is 3.73. The molecule has 1 heterocycles. The molecule has 1 amide bonds. The number of carbonyl (C=O) groups is 1. The molecule has 0 saturated heterocycles. The average molecular weight is 290 g/mol. The van der Waals surface area contributed by atoms with E-state index in [2.05, 4.69) is 14.9 Å². The predicted molar refractivity (Wildman–Crippen MR) is 70.7 cm³/mol. The van der Waals surface area contributed by atoms with Crippen LogP contribution in [0.25, 0.3) is 11.5 Å². The largest absolute Gasteiger partial charge is 0.449 e.